The quantitative estimate of drug-likeness (QED) is 0.884. The van der Waals surface area contributed by atoms with Crippen LogP contribution in [0.1, 0.15) is 25.0 Å². The van der Waals surface area contributed by atoms with E-state index < -0.39 is 5.54 Å². The van der Waals surface area contributed by atoms with Crippen molar-refractivity contribution in [2.24, 2.45) is 0 Å². The molecular weight excluding hydrogens is 302 g/mol. The minimum absolute atomic E-state index is 0.236. The Bertz CT molecular complexity index is 734. The number of fused-ring (bicyclic) bond motifs is 3. The summed E-state index contributed by atoms with van der Waals surface area (Å²) in [5, 5.41) is 2.89. The molecular formula is C20H21NO3. The van der Waals surface area contributed by atoms with Crippen LogP contribution >= 0.6 is 0 Å². The van der Waals surface area contributed by atoms with E-state index in [1.54, 1.807) is 6.92 Å². The lowest BCUT2D eigenvalue weighted by Gasteiger charge is -2.31. The van der Waals surface area contributed by atoms with Crippen LogP contribution in [0.4, 0.5) is 0 Å². The molecule has 0 spiro atoms. The summed E-state index contributed by atoms with van der Waals surface area (Å²) in [6.45, 7) is 3.49. The number of carbonyl (C=O) groups excluding carboxylic acids is 2. The molecule has 0 unspecified atom stereocenters. The van der Waals surface area contributed by atoms with Gasteiger partial charge in [0.1, 0.15) is 5.54 Å². The number of amides is 1. The zero-order chi connectivity index (χ0) is 17.2. The summed E-state index contributed by atoms with van der Waals surface area (Å²) in [6, 6.07) is 16.0. The van der Waals surface area contributed by atoms with Crippen molar-refractivity contribution >= 4 is 11.9 Å². The molecule has 4 nitrogen and oxygen atoms in total. The molecule has 124 valence electrons. The number of nitrogens with one attached hydrogen (secondary N) is 1. The van der Waals surface area contributed by atoms with Gasteiger partial charge in [0.2, 0.25) is 5.91 Å². The third-order valence-electron chi connectivity index (χ3n) is 4.39. The monoisotopic (exact) mass is 323 g/mol. The van der Waals surface area contributed by atoms with Crippen molar-refractivity contribution in [1.29, 1.82) is 0 Å². The second-order valence-corrected chi connectivity index (χ2v) is 6.15. The maximum Gasteiger partial charge on any atom is 0.332 e. The topological polar surface area (TPSA) is 55.4 Å². The standard InChI is InChI=1S/C20H21NO3/c1-3-24-19(23)20(21-14(2)22)12-15-8-4-6-10-17(15)18-11-7-5-9-16(18)13-20/h4-11H,3,12-13H2,1-2H3,(H,21,22). The Morgan fingerprint density at radius 1 is 1.00 bits per heavy atom. The van der Waals surface area contributed by atoms with E-state index in [0.29, 0.717) is 12.8 Å². The lowest BCUT2D eigenvalue weighted by atomic mass is 9.86. The van der Waals surface area contributed by atoms with Crippen molar-refractivity contribution in [2.45, 2.75) is 32.2 Å². The summed E-state index contributed by atoms with van der Waals surface area (Å²) in [5.41, 5.74) is 3.19. The van der Waals surface area contributed by atoms with Crippen LogP contribution in [-0.4, -0.2) is 24.0 Å². The molecule has 4 heteroatoms. The van der Waals surface area contributed by atoms with Gasteiger partial charge in [0.15, 0.2) is 0 Å². The van der Waals surface area contributed by atoms with Gasteiger partial charge in [0.05, 0.1) is 6.61 Å². The lowest BCUT2D eigenvalue weighted by molar-refractivity contribution is -0.153. The summed E-state index contributed by atoms with van der Waals surface area (Å²) in [5.74, 6) is -0.619. The van der Waals surface area contributed by atoms with E-state index in [1.807, 2.05) is 36.4 Å². The number of esters is 1. The van der Waals surface area contributed by atoms with Gasteiger partial charge in [-0.2, -0.15) is 0 Å². The van der Waals surface area contributed by atoms with Crippen LogP contribution in [0.5, 0.6) is 0 Å². The molecule has 0 aromatic heterocycles. The van der Waals surface area contributed by atoms with Gasteiger partial charge >= 0.3 is 5.97 Å². The van der Waals surface area contributed by atoms with Gasteiger partial charge in [-0.05, 0) is 29.2 Å². The molecule has 2 aromatic rings. The van der Waals surface area contributed by atoms with E-state index in [9.17, 15) is 9.59 Å². The van der Waals surface area contributed by atoms with Crippen LogP contribution in [0.2, 0.25) is 0 Å². The van der Waals surface area contributed by atoms with Crippen molar-refractivity contribution < 1.29 is 14.3 Å². The summed E-state index contributed by atoms with van der Waals surface area (Å²) < 4.78 is 5.32. The average Bonchev–Trinajstić information content (AvgIpc) is 2.69. The Labute approximate surface area is 141 Å². The smallest absolute Gasteiger partial charge is 0.332 e. The first-order valence-corrected chi connectivity index (χ1v) is 8.18. The second-order valence-electron chi connectivity index (χ2n) is 6.15. The molecule has 0 bridgehead atoms. The molecule has 1 aliphatic rings. The van der Waals surface area contributed by atoms with E-state index >= 15 is 0 Å². The molecule has 0 aliphatic heterocycles. The van der Waals surface area contributed by atoms with E-state index in [0.717, 1.165) is 22.3 Å². The first-order chi connectivity index (χ1) is 11.6. The van der Waals surface area contributed by atoms with Gasteiger partial charge in [-0.25, -0.2) is 4.79 Å². The van der Waals surface area contributed by atoms with Gasteiger partial charge in [-0.1, -0.05) is 48.5 Å². The Morgan fingerprint density at radius 2 is 1.50 bits per heavy atom. The molecule has 0 fully saturated rings. The largest absolute Gasteiger partial charge is 0.464 e. The molecule has 0 radical (unpaired) electrons. The fourth-order valence-electron chi connectivity index (χ4n) is 3.48. The average molecular weight is 323 g/mol. The van der Waals surface area contributed by atoms with Gasteiger partial charge in [-0.15, -0.1) is 0 Å². The Kier molecular flexibility index (Phi) is 4.38. The van der Waals surface area contributed by atoms with Crippen molar-refractivity contribution in [3.63, 3.8) is 0 Å². The molecule has 0 atom stereocenters. The molecule has 1 aliphatic carbocycles. The van der Waals surface area contributed by atoms with Crippen LogP contribution in [0.15, 0.2) is 48.5 Å². The van der Waals surface area contributed by atoms with Crippen molar-refractivity contribution in [1.82, 2.24) is 5.32 Å². The fraction of sp³-hybridized carbons (Fsp3) is 0.300. The highest BCUT2D eigenvalue weighted by molar-refractivity contribution is 5.89. The minimum atomic E-state index is -1.08. The molecule has 1 amide bonds. The van der Waals surface area contributed by atoms with Crippen LogP contribution in [0.25, 0.3) is 11.1 Å². The molecule has 2 aromatic carbocycles. The van der Waals surface area contributed by atoms with Crippen LogP contribution in [-0.2, 0) is 27.2 Å². The SMILES string of the molecule is CCOC(=O)C1(NC(C)=O)Cc2ccccc2-c2ccccc2C1. The number of benzene rings is 2. The molecule has 3 rings (SSSR count). The third-order valence-corrected chi connectivity index (χ3v) is 4.39. The van der Waals surface area contributed by atoms with Crippen molar-refractivity contribution in [2.75, 3.05) is 6.61 Å². The number of ether oxygens (including phenoxy) is 1. The zero-order valence-corrected chi connectivity index (χ0v) is 14.0. The van der Waals surface area contributed by atoms with Crippen LogP contribution < -0.4 is 5.32 Å². The van der Waals surface area contributed by atoms with Gasteiger partial charge in [-0.3, -0.25) is 4.79 Å². The zero-order valence-electron chi connectivity index (χ0n) is 14.0. The first-order valence-electron chi connectivity index (χ1n) is 8.18. The normalized spacial score (nSPS) is 14.8. The summed E-state index contributed by atoms with van der Waals surface area (Å²) >= 11 is 0. The summed E-state index contributed by atoms with van der Waals surface area (Å²) in [6.07, 6.45) is 0.826. The first kappa shape index (κ1) is 16.2. The van der Waals surface area contributed by atoms with Crippen molar-refractivity contribution in [3.8, 4) is 11.1 Å². The Hall–Kier alpha value is -2.62. The second kappa shape index (κ2) is 6.48. The number of rotatable bonds is 3. The number of hydrogen-bond donors (Lipinski definition) is 1. The van der Waals surface area contributed by atoms with Crippen LogP contribution in [0.3, 0.4) is 0 Å². The lowest BCUT2D eigenvalue weighted by Crippen LogP contribution is -2.57. The Morgan fingerprint density at radius 3 is 1.96 bits per heavy atom. The van der Waals surface area contributed by atoms with E-state index in [1.165, 1.54) is 6.92 Å². The predicted octanol–water partition coefficient (Wildman–Crippen LogP) is 2.89. The minimum Gasteiger partial charge on any atom is -0.464 e. The molecule has 24 heavy (non-hydrogen) atoms. The third kappa shape index (κ3) is 2.92. The van der Waals surface area contributed by atoms with Gasteiger partial charge < -0.3 is 10.1 Å². The predicted molar refractivity (Wildman–Crippen MR) is 92.5 cm³/mol. The summed E-state index contributed by atoms with van der Waals surface area (Å²) in [7, 11) is 0. The number of carbonyl (C=O) groups is 2. The highest BCUT2D eigenvalue weighted by Crippen LogP contribution is 2.36. The fourth-order valence-corrected chi connectivity index (χ4v) is 3.48. The maximum atomic E-state index is 12.8. The van der Waals surface area contributed by atoms with Gasteiger partial charge in [0.25, 0.3) is 0 Å². The maximum absolute atomic E-state index is 12.8. The van der Waals surface area contributed by atoms with E-state index in [2.05, 4.69) is 17.4 Å². The molecule has 0 saturated carbocycles. The van der Waals surface area contributed by atoms with Crippen LogP contribution in [0, 0.1) is 0 Å². The molecule has 0 saturated heterocycles. The van der Waals surface area contributed by atoms with Crippen molar-refractivity contribution in [3.05, 3.63) is 59.7 Å². The highest BCUT2D eigenvalue weighted by atomic mass is 16.5. The van der Waals surface area contributed by atoms with Gasteiger partial charge in [0, 0.05) is 19.8 Å². The number of hydrogen-bond acceptors (Lipinski definition) is 3. The molecule has 1 N–H and O–H groups in total. The highest BCUT2D eigenvalue weighted by Gasteiger charge is 2.43. The molecule has 0 heterocycles. The summed E-state index contributed by atoms with van der Waals surface area (Å²) in [4.78, 5) is 24.6. The Balaban J connectivity index is 2.19. The van der Waals surface area contributed by atoms with E-state index in [4.69, 9.17) is 4.74 Å². The van der Waals surface area contributed by atoms with E-state index in [-0.39, 0.29) is 18.5 Å².